The van der Waals surface area contributed by atoms with Crippen LogP contribution in [-0.4, -0.2) is 25.8 Å². The molecule has 0 fully saturated rings. The summed E-state index contributed by atoms with van der Waals surface area (Å²) in [5.74, 6) is 0.434. The fourth-order valence-corrected chi connectivity index (χ4v) is 2.94. The lowest BCUT2D eigenvalue weighted by Crippen LogP contribution is -2.26. The van der Waals surface area contributed by atoms with Gasteiger partial charge >= 0.3 is 0 Å². The molecular formula is C21H20ClN3O2. The van der Waals surface area contributed by atoms with Crippen molar-refractivity contribution in [1.82, 2.24) is 5.43 Å². The number of nitrogens with one attached hydrogen (secondary N) is 2. The van der Waals surface area contributed by atoms with Gasteiger partial charge in [-0.05, 0) is 41.5 Å². The summed E-state index contributed by atoms with van der Waals surface area (Å²) in [6.07, 6.45) is 1.60. The van der Waals surface area contributed by atoms with Crippen molar-refractivity contribution < 1.29 is 9.53 Å². The van der Waals surface area contributed by atoms with E-state index in [-0.39, 0.29) is 12.5 Å². The Morgan fingerprint density at radius 1 is 1.15 bits per heavy atom. The van der Waals surface area contributed by atoms with Crippen molar-refractivity contribution in [2.24, 2.45) is 5.10 Å². The molecule has 0 radical (unpaired) electrons. The number of nitrogens with zero attached hydrogens (tertiary/aromatic N) is 1. The zero-order chi connectivity index (χ0) is 19.2. The van der Waals surface area contributed by atoms with Crippen LogP contribution in [0.25, 0.3) is 10.8 Å². The number of halogens is 1. The number of rotatable bonds is 6. The van der Waals surface area contributed by atoms with Gasteiger partial charge in [0.05, 0.1) is 19.9 Å². The van der Waals surface area contributed by atoms with E-state index in [1.54, 1.807) is 13.3 Å². The van der Waals surface area contributed by atoms with Crippen LogP contribution in [0.15, 0.2) is 59.7 Å². The number of hydrazone groups is 1. The highest BCUT2D eigenvalue weighted by atomic mass is 35.5. The second kappa shape index (κ2) is 8.56. The SMILES string of the molecule is COc1ccc2ccccc2c1/C=N\NC(=O)CNc1cccc(Cl)c1C. The molecule has 0 atom stereocenters. The normalized spacial score (nSPS) is 10.9. The van der Waals surface area contributed by atoms with Crippen molar-refractivity contribution in [2.45, 2.75) is 6.92 Å². The zero-order valence-electron chi connectivity index (χ0n) is 15.1. The van der Waals surface area contributed by atoms with Crippen LogP contribution in [0.3, 0.4) is 0 Å². The van der Waals surface area contributed by atoms with Crippen LogP contribution in [0.4, 0.5) is 5.69 Å². The number of ether oxygens (including phenoxy) is 1. The van der Waals surface area contributed by atoms with Gasteiger partial charge in [0.15, 0.2) is 0 Å². The molecule has 1 amide bonds. The van der Waals surface area contributed by atoms with E-state index in [2.05, 4.69) is 15.8 Å². The number of hydrogen-bond acceptors (Lipinski definition) is 4. The predicted octanol–water partition coefficient (Wildman–Crippen LogP) is 4.37. The molecular weight excluding hydrogens is 362 g/mol. The molecule has 3 rings (SSSR count). The summed E-state index contributed by atoms with van der Waals surface area (Å²) < 4.78 is 5.41. The Morgan fingerprint density at radius 3 is 2.78 bits per heavy atom. The van der Waals surface area contributed by atoms with Crippen LogP contribution in [0.5, 0.6) is 5.75 Å². The van der Waals surface area contributed by atoms with Gasteiger partial charge in [-0.1, -0.05) is 48.0 Å². The fourth-order valence-electron chi connectivity index (χ4n) is 2.77. The average Bonchev–Trinajstić information content (AvgIpc) is 2.69. The van der Waals surface area contributed by atoms with Crippen LogP contribution in [0.2, 0.25) is 5.02 Å². The van der Waals surface area contributed by atoms with Gasteiger partial charge in [0.2, 0.25) is 0 Å². The number of benzene rings is 3. The quantitative estimate of drug-likeness (QED) is 0.492. The molecule has 0 saturated carbocycles. The van der Waals surface area contributed by atoms with Crippen molar-refractivity contribution in [3.05, 3.63) is 70.7 Å². The number of methoxy groups -OCH3 is 1. The lowest BCUT2D eigenvalue weighted by molar-refractivity contribution is -0.119. The summed E-state index contributed by atoms with van der Waals surface area (Å²) in [5.41, 5.74) is 5.06. The van der Waals surface area contributed by atoms with E-state index in [9.17, 15) is 4.79 Å². The smallest absolute Gasteiger partial charge is 0.259 e. The van der Waals surface area contributed by atoms with Crippen molar-refractivity contribution in [2.75, 3.05) is 19.0 Å². The number of anilines is 1. The molecule has 0 aromatic heterocycles. The van der Waals surface area contributed by atoms with Gasteiger partial charge in [-0.2, -0.15) is 5.10 Å². The summed E-state index contributed by atoms with van der Waals surface area (Å²) >= 11 is 6.08. The van der Waals surface area contributed by atoms with E-state index >= 15 is 0 Å². The van der Waals surface area contributed by atoms with E-state index < -0.39 is 0 Å². The first-order valence-corrected chi connectivity index (χ1v) is 8.84. The van der Waals surface area contributed by atoms with Crippen LogP contribution in [-0.2, 0) is 4.79 Å². The van der Waals surface area contributed by atoms with Gasteiger partial charge in [-0.3, -0.25) is 4.79 Å². The Labute approximate surface area is 163 Å². The molecule has 0 heterocycles. The van der Waals surface area contributed by atoms with Crippen LogP contribution < -0.4 is 15.5 Å². The maximum atomic E-state index is 12.1. The van der Waals surface area contributed by atoms with Crippen LogP contribution in [0.1, 0.15) is 11.1 Å². The largest absolute Gasteiger partial charge is 0.496 e. The Kier molecular flexibility index (Phi) is 5.94. The molecule has 3 aromatic rings. The molecule has 27 heavy (non-hydrogen) atoms. The lowest BCUT2D eigenvalue weighted by Gasteiger charge is -2.10. The number of fused-ring (bicyclic) bond motifs is 1. The minimum absolute atomic E-state index is 0.0885. The summed E-state index contributed by atoms with van der Waals surface area (Å²) in [4.78, 5) is 12.1. The number of amides is 1. The maximum Gasteiger partial charge on any atom is 0.259 e. The van der Waals surface area contributed by atoms with Gasteiger partial charge < -0.3 is 10.1 Å². The third kappa shape index (κ3) is 4.38. The molecule has 0 aliphatic heterocycles. The molecule has 0 bridgehead atoms. The van der Waals surface area contributed by atoms with Crippen LogP contribution >= 0.6 is 11.6 Å². The third-order valence-electron chi connectivity index (χ3n) is 4.24. The third-order valence-corrected chi connectivity index (χ3v) is 4.65. The second-order valence-electron chi connectivity index (χ2n) is 5.96. The molecule has 6 heteroatoms. The minimum Gasteiger partial charge on any atom is -0.496 e. The number of hydrogen-bond donors (Lipinski definition) is 2. The van der Waals surface area contributed by atoms with Gasteiger partial charge in [0, 0.05) is 16.3 Å². The highest BCUT2D eigenvalue weighted by molar-refractivity contribution is 6.31. The highest BCUT2D eigenvalue weighted by Crippen LogP contribution is 2.26. The first-order valence-electron chi connectivity index (χ1n) is 8.47. The topological polar surface area (TPSA) is 62.7 Å². The minimum atomic E-state index is -0.259. The molecule has 0 unspecified atom stereocenters. The summed E-state index contributed by atoms with van der Waals surface area (Å²) in [6.45, 7) is 1.98. The molecule has 0 aliphatic carbocycles. The summed E-state index contributed by atoms with van der Waals surface area (Å²) in [6, 6.07) is 17.3. The van der Waals surface area contributed by atoms with E-state index in [1.807, 2.05) is 61.5 Å². The maximum absolute atomic E-state index is 12.1. The van der Waals surface area contributed by atoms with Crippen molar-refractivity contribution >= 4 is 40.2 Å². The van der Waals surface area contributed by atoms with Gasteiger partial charge in [0.1, 0.15) is 5.75 Å². The van der Waals surface area contributed by atoms with Gasteiger partial charge in [-0.25, -0.2) is 5.43 Å². The molecule has 3 aromatic carbocycles. The standard InChI is InChI=1S/C21H20ClN3O2/c1-14-18(22)8-5-9-19(14)23-13-21(26)25-24-12-17-16-7-4-3-6-15(16)10-11-20(17)27-2/h3-12,23H,13H2,1-2H3,(H,25,26)/b24-12-. The predicted molar refractivity (Wildman–Crippen MR) is 111 cm³/mol. The fraction of sp³-hybridized carbons (Fsp3) is 0.143. The lowest BCUT2D eigenvalue weighted by atomic mass is 10.0. The summed E-state index contributed by atoms with van der Waals surface area (Å²) in [5, 5.41) is 9.87. The first-order chi connectivity index (χ1) is 13.1. The Bertz CT molecular complexity index is 1000. The zero-order valence-corrected chi connectivity index (χ0v) is 15.9. The van der Waals surface area contributed by atoms with E-state index in [0.29, 0.717) is 10.8 Å². The first kappa shape index (κ1) is 18.7. The van der Waals surface area contributed by atoms with Crippen LogP contribution in [0, 0.1) is 6.92 Å². The van der Waals surface area contributed by atoms with E-state index in [4.69, 9.17) is 16.3 Å². The average molecular weight is 382 g/mol. The second-order valence-corrected chi connectivity index (χ2v) is 6.37. The molecule has 0 aliphatic rings. The van der Waals surface area contributed by atoms with Crippen molar-refractivity contribution in [3.8, 4) is 5.75 Å². The molecule has 0 saturated heterocycles. The van der Waals surface area contributed by atoms with E-state index in [0.717, 1.165) is 27.6 Å². The Hall–Kier alpha value is -3.05. The Morgan fingerprint density at radius 2 is 1.96 bits per heavy atom. The number of carbonyl (C=O) groups excluding carboxylic acids is 1. The molecule has 5 nitrogen and oxygen atoms in total. The van der Waals surface area contributed by atoms with Crippen molar-refractivity contribution in [3.63, 3.8) is 0 Å². The molecule has 2 N–H and O–H groups in total. The monoisotopic (exact) mass is 381 g/mol. The molecule has 0 spiro atoms. The summed E-state index contributed by atoms with van der Waals surface area (Å²) in [7, 11) is 1.61. The molecule has 138 valence electrons. The van der Waals surface area contributed by atoms with Gasteiger partial charge in [-0.15, -0.1) is 0 Å². The number of carbonyl (C=O) groups is 1. The van der Waals surface area contributed by atoms with Gasteiger partial charge in [0.25, 0.3) is 5.91 Å². The van der Waals surface area contributed by atoms with E-state index in [1.165, 1.54) is 0 Å². The Balaban J connectivity index is 1.68. The van der Waals surface area contributed by atoms with Crippen molar-refractivity contribution in [1.29, 1.82) is 0 Å². The highest BCUT2D eigenvalue weighted by Gasteiger charge is 2.07.